The molecule has 3 unspecified atom stereocenters. The Morgan fingerprint density at radius 3 is 1.14 bits per heavy atom. The highest BCUT2D eigenvalue weighted by Gasteiger charge is 2.28. The normalized spacial score (nSPS) is 14.0. The summed E-state index contributed by atoms with van der Waals surface area (Å²) in [6, 6.07) is 0. The fourth-order valence-corrected chi connectivity index (χ4v) is 8.23. The number of phosphoric ester groups is 1. The Hall–Kier alpha value is -3.08. The van der Waals surface area contributed by atoms with Crippen LogP contribution in [0.5, 0.6) is 0 Å². The molecule has 0 spiro atoms. The number of phosphoric acid groups is 1. The summed E-state index contributed by atoms with van der Waals surface area (Å²) in [4.78, 5) is 48.4. The van der Waals surface area contributed by atoms with Gasteiger partial charge in [0, 0.05) is 19.3 Å². The second kappa shape index (κ2) is 52.2. The zero-order valence-corrected chi connectivity index (χ0v) is 45.4. The van der Waals surface area contributed by atoms with Gasteiger partial charge in [-0.1, -0.05) is 235 Å². The zero-order chi connectivity index (χ0) is 51.3. The van der Waals surface area contributed by atoms with E-state index in [0.717, 1.165) is 77.0 Å². The molecule has 0 saturated heterocycles. The molecule has 0 amide bonds. The molecule has 0 radical (unpaired) electrons. The van der Waals surface area contributed by atoms with Gasteiger partial charge in [-0.15, -0.1) is 0 Å². The zero-order valence-electron chi connectivity index (χ0n) is 44.5. The van der Waals surface area contributed by atoms with Crippen molar-refractivity contribution in [2.75, 3.05) is 26.4 Å². The molecule has 0 aromatic carbocycles. The summed E-state index contributed by atoms with van der Waals surface area (Å²) in [5.41, 5.74) is 0. The molecule has 404 valence electrons. The lowest BCUT2D eigenvalue weighted by atomic mass is 10.0. The number of hydrogen-bond acceptors (Lipinski definition) is 10. The topological polar surface area (TPSA) is 155 Å². The number of carbonyl (C=O) groups excluding carboxylic acids is 3. The third-order valence-corrected chi connectivity index (χ3v) is 12.6. The van der Waals surface area contributed by atoms with Crippen LogP contribution in [0.2, 0.25) is 0 Å². The molecule has 0 aliphatic heterocycles. The second-order valence-electron chi connectivity index (χ2n) is 18.4. The minimum atomic E-state index is -4.76. The summed E-state index contributed by atoms with van der Waals surface area (Å²) >= 11 is 0. The summed E-state index contributed by atoms with van der Waals surface area (Å²) in [6.45, 7) is 4.44. The van der Waals surface area contributed by atoms with Gasteiger partial charge in [0.25, 0.3) is 0 Å². The van der Waals surface area contributed by atoms with Crippen LogP contribution < -0.4 is 0 Å². The highest BCUT2D eigenvalue weighted by Crippen LogP contribution is 2.43. The van der Waals surface area contributed by atoms with Gasteiger partial charge in [0.1, 0.15) is 12.7 Å². The fourth-order valence-electron chi connectivity index (χ4n) is 7.44. The van der Waals surface area contributed by atoms with E-state index in [1.54, 1.807) is 0 Å². The lowest BCUT2D eigenvalue weighted by Gasteiger charge is -2.21. The number of ether oxygens (including phenoxy) is 3. The molecule has 2 N–H and O–H groups in total. The Labute approximate surface area is 427 Å². The Morgan fingerprint density at radius 1 is 0.414 bits per heavy atom. The van der Waals surface area contributed by atoms with Gasteiger partial charge in [-0.05, 0) is 57.8 Å². The third kappa shape index (κ3) is 49.9. The van der Waals surface area contributed by atoms with Gasteiger partial charge in [-0.2, -0.15) is 0 Å². The average Bonchev–Trinajstić information content (AvgIpc) is 3.35. The fraction of sp³-hybridized carbons (Fsp3) is 0.741. The number of rotatable bonds is 51. The molecule has 0 bridgehead atoms. The molecule has 0 rings (SSSR count). The van der Waals surface area contributed by atoms with Crippen LogP contribution in [-0.2, 0) is 42.2 Å². The smallest absolute Gasteiger partial charge is 0.462 e. The molecular weight excluding hydrogens is 904 g/mol. The lowest BCUT2D eigenvalue weighted by Crippen LogP contribution is -2.30. The Bertz CT molecular complexity index is 1450. The van der Waals surface area contributed by atoms with Crippen molar-refractivity contribution in [1.29, 1.82) is 0 Å². The SMILES string of the molecule is CC/C=C\C/C=C\C/C=C\C/C=C\C/C=C\C/C=C\CCC(=O)OC(COC(=O)CCCCCCCCCCCCCCC)COP(=O)(O)OCC(CO)OC(=O)CCCCCCCCCCCCC. The molecule has 11 nitrogen and oxygen atoms in total. The van der Waals surface area contributed by atoms with Crippen LogP contribution in [0.3, 0.4) is 0 Å². The average molecular weight is 1010 g/mol. The number of esters is 3. The van der Waals surface area contributed by atoms with Gasteiger partial charge >= 0.3 is 25.7 Å². The van der Waals surface area contributed by atoms with E-state index in [1.165, 1.54) is 103 Å². The number of unbranched alkanes of at least 4 members (excludes halogenated alkanes) is 22. The first-order valence-corrected chi connectivity index (χ1v) is 29.3. The molecular formula is C58H101O11P. The van der Waals surface area contributed by atoms with Crippen LogP contribution in [-0.4, -0.2) is 66.5 Å². The first-order chi connectivity index (χ1) is 34.2. The van der Waals surface area contributed by atoms with Crippen molar-refractivity contribution < 1.29 is 52.2 Å². The van der Waals surface area contributed by atoms with Crippen molar-refractivity contribution in [3.8, 4) is 0 Å². The highest BCUT2D eigenvalue weighted by molar-refractivity contribution is 7.47. The molecule has 70 heavy (non-hydrogen) atoms. The number of aliphatic hydroxyl groups is 1. The van der Waals surface area contributed by atoms with Crippen LogP contribution in [0.25, 0.3) is 0 Å². The predicted molar refractivity (Wildman–Crippen MR) is 288 cm³/mol. The summed E-state index contributed by atoms with van der Waals surface area (Å²) in [5.74, 6) is -1.56. The summed E-state index contributed by atoms with van der Waals surface area (Å²) in [6.07, 6.45) is 57.4. The van der Waals surface area contributed by atoms with E-state index in [-0.39, 0.29) is 25.9 Å². The van der Waals surface area contributed by atoms with E-state index >= 15 is 0 Å². The molecule has 0 saturated carbocycles. The monoisotopic (exact) mass is 1000 g/mol. The standard InChI is InChI=1S/C58H101O11P/c1-4-7-10-13-16-19-22-24-25-26-27-28-29-31-34-37-40-43-46-49-58(62)69-55(51-65-56(60)47-44-41-38-35-33-30-23-20-17-14-11-8-5-2)53-67-70(63,64)66-52-54(50-59)68-57(61)48-45-42-39-36-32-21-18-15-12-9-6-3/h7,10,16,19,24-25,27-28,31,34,40,43,54-55,59H,4-6,8-9,11-15,17-18,20-23,26,29-30,32-33,35-39,41-42,44-53H2,1-3H3,(H,63,64)/b10-7-,19-16-,25-24-,28-27-,34-31-,43-40-. The largest absolute Gasteiger partial charge is 0.472 e. The van der Waals surface area contributed by atoms with E-state index in [1.807, 2.05) is 12.2 Å². The Morgan fingerprint density at radius 2 is 0.743 bits per heavy atom. The summed E-state index contributed by atoms with van der Waals surface area (Å²) < 4.78 is 39.3. The molecule has 0 aromatic rings. The summed E-state index contributed by atoms with van der Waals surface area (Å²) in [7, 11) is -4.76. The summed E-state index contributed by atoms with van der Waals surface area (Å²) in [5, 5.41) is 9.78. The minimum Gasteiger partial charge on any atom is -0.462 e. The van der Waals surface area contributed by atoms with Gasteiger partial charge in [0.15, 0.2) is 6.10 Å². The van der Waals surface area contributed by atoms with Gasteiger partial charge in [0.2, 0.25) is 0 Å². The number of hydrogen-bond donors (Lipinski definition) is 2. The Kier molecular flexibility index (Phi) is 50.0. The van der Waals surface area contributed by atoms with Crippen molar-refractivity contribution in [2.45, 2.75) is 251 Å². The molecule has 0 aliphatic carbocycles. The molecule has 0 heterocycles. The van der Waals surface area contributed by atoms with Crippen LogP contribution in [0, 0.1) is 0 Å². The first-order valence-electron chi connectivity index (χ1n) is 27.8. The van der Waals surface area contributed by atoms with E-state index < -0.39 is 57.8 Å². The van der Waals surface area contributed by atoms with Gasteiger partial charge in [-0.25, -0.2) is 4.57 Å². The van der Waals surface area contributed by atoms with E-state index in [0.29, 0.717) is 19.3 Å². The van der Waals surface area contributed by atoms with Crippen molar-refractivity contribution in [3.63, 3.8) is 0 Å². The maximum atomic E-state index is 12.9. The second-order valence-corrected chi connectivity index (χ2v) is 19.8. The van der Waals surface area contributed by atoms with E-state index in [4.69, 9.17) is 23.3 Å². The lowest BCUT2D eigenvalue weighted by molar-refractivity contribution is -0.161. The van der Waals surface area contributed by atoms with Crippen molar-refractivity contribution in [3.05, 3.63) is 72.9 Å². The molecule has 12 heteroatoms. The maximum Gasteiger partial charge on any atom is 0.472 e. The number of aliphatic hydroxyl groups excluding tert-OH is 1. The van der Waals surface area contributed by atoms with Gasteiger partial charge in [0.05, 0.1) is 19.8 Å². The minimum absolute atomic E-state index is 0.0433. The first kappa shape index (κ1) is 66.9. The van der Waals surface area contributed by atoms with Gasteiger partial charge in [-0.3, -0.25) is 23.4 Å². The van der Waals surface area contributed by atoms with Crippen LogP contribution in [0.15, 0.2) is 72.9 Å². The third-order valence-electron chi connectivity index (χ3n) is 11.7. The van der Waals surface area contributed by atoms with Crippen molar-refractivity contribution in [2.24, 2.45) is 0 Å². The van der Waals surface area contributed by atoms with Crippen molar-refractivity contribution >= 4 is 25.7 Å². The molecule has 3 atom stereocenters. The van der Waals surface area contributed by atoms with Crippen LogP contribution in [0.1, 0.15) is 239 Å². The maximum absolute atomic E-state index is 12.9. The quantitative estimate of drug-likeness (QED) is 0.0197. The van der Waals surface area contributed by atoms with E-state index in [2.05, 4.69) is 81.5 Å². The van der Waals surface area contributed by atoms with Gasteiger partial charge < -0.3 is 24.2 Å². The van der Waals surface area contributed by atoms with E-state index in [9.17, 15) is 28.9 Å². The van der Waals surface area contributed by atoms with Crippen LogP contribution >= 0.6 is 7.82 Å². The van der Waals surface area contributed by atoms with Crippen molar-refractivity contribution in [1.82, 2.24) is 0 Å². The number of carbonyl (C=O) groups is 3. The molecule has 0 aromatic heterocycles. The Balaban J connectivity index is 4.84. The van der Waals surface area contributed by atoms with Crippen LogP contribution in [0.4, 0.5) is 0 Å². The molecule has 0 fully saturated rings. The predicted octanol–water partition coefficient (Wildman–Crippen LogP) is 16.1. The highest BCUT2D eigenvalue weighted by atomic mass is 31.2. The molecule has 0 aliphatic rings. The number of allylic oxidation sites excluding steroid dienone is 12.